The molecule has 15 nitrogen and oxygen atoms in total. The number of alkyl carbamates (subject to hydrolysis) is 2. The van der Waals surface area contributed by atoms with Crippen LogP contribution in [0.2, 0.25) is 0 Å². The number of hydrogen-bond acceptors (Lipinski definition) is 9. The van der Waals surface area contributed by atoms with Crippen LogP contribution >= 0.6 is 0 Å². The lowest BCUT2D eigenvalue weighted by Crippen LogP contribution is -2.50. The normalized spacial score (nSPS) is 17.3. The summed E-state index contributed by atoms with van der Waals surface area (Å²) in [5.41, 5.74) is 6.55. The molecule has 60 heavy (non-hydrogen) atoms. The van der Waals surface area contributed by atoms with E-state index in [1.165, 1.54) is 14.2 Å². The molecule has 4 heterocycles. The van der Waals surface area contributed by atoms with Gasteiger partial charge in [0.25, 0.3) is 0 Å². The molecule has 1 saturated heterocycles. The molecular weight excluding hydrogens is 765 g/mol. The van der Waals surface area contributed by atoms with E-state index < -0.39 is 24.3 Å². The number of H-pyrrole nitrogens is 2. The number of nitrogens with one attached hydrogen (secondary N) is 5. The summed E-state index contributed by atoms with van der Waals surface area (Å²) in [5.74, 6) is 1.73. The zero-order chi connectivity index (χ0) is 42.5. The van der Waals surface area contributed by atoms with Gasteiger partial charge in [-0.25, -0.2) is 19.6 Å². The second kappa shape index (κ2) is 18.4. The molecule has 318 valence electrons. The van der Waals surface area contributed by atoms with E-state index in [0.717, 1.165) is 93.4 Å². The van der Waals surface area contributed by atoms with E-state index in [0.29, 0.717) is 38.1 Å². The van der Waals surface area contributed by atoms with E-state index >= 15 is 0 Å². The standard InChI is InChI=1S/C45H56N8O7/c1-7-10-13-33(49-42(54)34(11-8-2)50-44(56)58-5)40-46-23-36(48-40)27-15-17-29-28(20-27)24-60-38-22-30-26(21-31(29)38)16-18-32-39(30)52-41(47-32)37-19-14-25(4)53(37)43(55)35(12-9-3)51-45(57)59-6/h15-18,20-23,25,33-35,37H,7-14,19,24H2,1-6H3,(H,46,48)(H,47,52)(H,49,54)(H,50,56)(H,51,57). The van der Waals surface area contributed by atoms with Crippen molar-refractivity contribution in [3.05, 3.63) is 65.9 Å². The summed E-state index contributed by atoms with van der Waals surface area (Å²) in [4.78, 5) is 69.9. The maximum absolute atomic E-state index is 13.9. The van der Waals surface area contributed by atoms with Crippen molar-refractivity contribution in [1.82, 2.24) is 40.8 Å². The van der Waals surface area contributed by atoms with Crippen molar-refractivity contribution in [3.8, 4) is 28.1 Å². The Morgan fingerprint density at radius 3 is 2.35 bits per heavy atom. The van der Waals surface area contributed by atoms with Crippen molar-refractivity contribution in [2.24, 2.45) is 0 Å². The molecule has 0 radical (unpaired) electrons. The summed E-state index contributed by atoms with van der Waals surface area (Å²) in [6, 6.07) is 12.6. The van der Waals surface area contributed by atoms with Crippen molar-refractivity contribution >= 4 is 45.8 Å². The number of carbonyl (C=O) groups is 4. The van der Waals surface area contributed by atoms with Gasteiger partial charge in [-0.3, -0.25) is 9.59 Å². The van der Waals surface area contributed by atoms with Crippen LogP contribution in [0.4, 0.5) is 9.59 Å². The maximum Gasteiger partial charge on any atom is 0.407 e. The predicted molar refractivity (Wildman–Crippen MR) is 228 cm³/mol. The summed E-state index contributed by atoms with van der Waals surface area (Å²) >= 11 is 0. The fraction of sp³-hybridized carbons (Fsp3) is 0.467. The Balaban J connectivity index is 1.13. The van der Waals surface area contributed by atoms with Crippen LogP contribution in [0.1, 0.15) is 115 Å². The lowest BCUT2D eigenvalue weighted by Gasteiger charge is -2.31. The molecule has 0 aliphatic carbocycles. The first-order chi connectivity index (χ1) is 29.1. The minimum absolute atomic E-state index is 0.0143. The second-order valence-corrected chi connectivity index (χ2v) is 15.8. The highest BCUT2D eigenvalue weighted by Crippen LogP contribution is 2.43. The van der Waals surface area contributed by atoms with Gasteiger partial charge in [0.2, 0.25) is 11.8 Å². The van der Waals surface area contributed by atoms with Gasteiger partial charge in [-0.2, -0.15) is 0 Å². The fourth-order valence-electron chi connectivity index (χ4n) is 8.56. The van der Waals surface area contributed by atoms with Gasteiger partial charge in [-0.1, -0.05) is 64.7 Å². The van der Waals surface area contributed by atoms with Crippen LogP contribution in [-0.2, 0) is 25.7 Å². The Hall–Kier alpha value is -6.12. The highest BCUT2D eigenvalue weighted by atomic mass is 16.5. The number of fused-ring (bicyclic) bond motifs is 6. The van der Waals surface area contributed by atoms with Gasteiger partial charge in [-0.05, 0) is 85.4 Å². The van der Waals surface area contributed by atoms with Crippen molar-refractivity contribution in [3.63, 3.8) is 0 Å². The number of amides is 4. The molecule has 2 aliphatic rings. The van der Waals surface area contributed by atoms with Crippen LogP contribution in [0.15, 0.2) is 48.7 Å². The molecule has 1 fully saturated rings. The first-order valence-corrected chi connectivity index (χ1v) is 21.2. The molecule has 15 heteroatoms. The van der Waals surface area contributed by atoms with Crippen molar-refractivity contribution < 1.29 is 33.4 Å². The molecule has 0 bridgehead atoms. The lowest BCUT2D eigenvalue weighted by molar-refractivity contribution is -0.136. The molecule has 5 aromatic rings. The Bertz CT molecular complexity index is 2370. The molecule has 5 atom stereocenters. The highest BCUT2D eigenvalue weighted by Gasteiger charge is 2.40. The number of unbranched alkanes of at least 4 members (excludes halogenated alkanes) is 1. The third-order valence-electron chi connectivity index (χ3n) is 11.7. The summed E-state index contributed by atoms with van der Waals surface area (Å²) < 4.78 is 16.0. The Kier molecular flexibility index (Phi) is 12.9. The summed E-state index contributed by atoms with van der Waals surface area (Å²) in [6.07, 6.45) is 7.07. The Morgan fingerprint density at radius 1 is 0.867 bits per heavy atom. The third-order valence-corrected chi connectivity index (χ3v) is 11.7. The van der Waals surface area contributed by atoms with Crippen LogP contribution in [0.5, 0.6) is 5.75 Å². The quantitative estimate of drug-likeness (QED) is 0.0694. The van der Waals surface area contributed by atoms with Crippen LogP contribution in [0.25, 0.3) is 44.2 Å². The first kappa shape index (κ1) is 42.0. The molecule has 0 spiro atoms. The SMILES string of the molecule is CCCCC(NC(=O)C(CCC)NC(=O)OC)c1ncc(-c2ccc3c(c2)COc2cc4c(ccc5[nH]c(C6CCC(C)N6C(=O)C(CCC)NC(=O)OC)nc54)cc2-3)[nH]1. The molecule has 7 rings (SSSR count). The fourth-order valence-corrected chi connectivity index (χ4v) is 8.56. The number of likely N-dealkylation sites (tertiary alicyclic amines) is 1. The Morgan fingerprint density at radius 2 is 1.62 bits per heavy atom. The second-order valence-electron chi connectivity index (χ2n) is 15.8. The minimum Gasteiger partial charge on any atom is -0.488 e. The van der Waals surface area contributed by atoms with E-state index in [1.54, 1.807) is 6.20 Å². The van der Waals surface area contributed by atoms with Gasteiger partial charge in [0.05, 0.1) is 49.2 Å². The van der Waals surface area contributed by atoms with Crippen LogP contribution < -0.4 is 20.7 Å². The number of ether oxygens (including phenoxy) is 3. The number of benzene rings is 3. The number of aromatic amines is 2. The maximum atomic E-state index is 13.9. The average Bonchev–Trinajstić information content (AvgIpc) is 4.02. The molecule has 2 aliphatic heterocycles. The van der Waals surface area contributed by atoms with E-state index in [1.807, 2.05) is 31.7 Å². The smallest absolute Gasteiger partial charge is 0.407 e. The van der Waals surface area contributed by atoms with E-state index in [-0.39, 0.29) is 29.9 Å². The van der Waals surface area contributed by atoms with Crippen molar-refractivity contribution in [2.45, 2.75) is 122 Å². The topological polar surface area (TPSA) is 193 Å². The number of methoxy groups -OCH3 is 2. The van der Waals surface area contributed by atoms with Gasteiger partial charge in [0.15, 0.2) is 0 Å². The number of carbonyl (C=O) groups excluding carboxylic acids is 4. The minimum atomic E-state index is -0.712. The molecule has 4 amide bonds. The zero-order valence-corrected chi connectivity index (χ0v) is 35.3. The number of rotatable bonds is 15. The molecule has 5 N–H and O–H groups in total. The molecule has 5 unspecified atom stereocenters. The zero-order valence-electron chi connectivity index (χ0n) is 35.3. The summed E-state index contributed by atoms with van der Waals surface area (Å²) in [6.45, 7) is 8.46. The molecule has 0 saturated carbocycles. The van der Waals surface area contributed by atoms with E-state index in [2.05, 4.69) is 69.2 Å². The molecular formula is C45H56N8O7. The number of hydrogen-bond donors (Lipinski definition) is 5. The number of aromatic nitrogens is 4. The van der Waals surface area contributed by atoms with Crippen LogP contribution in [0, 0.1) is 0 Å². The average molecular weight is 821 g/mol. The largest absolute Gasteiger partial charge is 0.488 e. The third kappa shape index (κ3) is 8.61. The van der Waals surface area contributed by atoms with Gasteiger partial charge in [0, 0.05) is 17.0 Å². The van der Waals surface area contributed by atoms with Crippen molar-refractivity contribution in [2.75, 3.05) is 14.2 Å². The molecule has 3 aromatic carbocycles. The van der Waals surface area contributed by atoms with Crippen LogP contribution in [0.3, 0.4) is 0 Å². The van der Waals surface area contributed by atoms with E-state index in [4.69, 9.17) is 24.2 Å². The van der Waals surface area contributed by atoms with Crippen LogP contribution in [-0.4, -0.2) is 81.2 Å². The summed E-state index contributed by atoms with van der Waals surface area (Å²) in [5, 5.41) is 10.5. The van der Waals surface area contributed by atoms with Gasteiger partial charge in [-0.15, -0.1) is 0 Å². The highest BCUT2D eigenvalue weighted by molar-refractivity contribution is 6.07. The number of nitrogens with zero attached hydrogens (tertiary/aromatic N) is 3. The lowest BCUT2D eigenvalue weighted by atomic mass is 9.92. The predicted octanol–water partition coefficient (Wildman–Crippen LogP) is 8.11. The Labute approximate surface area is 349 Å². The summed E-state index contributed by atoms with van der Waals surface area (Å²) in [7, 11) is 2.58. The van der Waals surface area contributed by atoms with Gasteiger partial charge < -0.3 is 45.0 Å². The van der Waals surface area contributed by atoms with E-state index in [9.17, 15) is 19.2 Å². The van der Waals surface area contributed by atoms with Crippen molar-refractivity contribution in [1.29, 1.82) is 0 Å². The van der Waals surface area contributed by atoms with Gasteiger partial charge >= 0.3 is 12.2 Å². The first-order valence-electron chi connectivity index (χ1n) is 21.2. The number of imidazole rings is 2. The van der Waals surface area contributed by atoms with Gasteiger partial charge in [0.1, 0.15) is 36.1 Å². The molecule has 2 aromatic heterocycles. The monoisotopic (exact) mass is 820 g/mol.